The van der Waals surface area contributed by atoms with E-state index in [4.69, 9.17) is 16.7 Å². The third-order valence-corrected chi connectivity index (χ3v) is 3.64. The SMILES string of the molecule is Cn1cc(-c2nc3ccc(Cl)cn3c2NCCCC(=O)O)cn1. The minimum atomic E-state index is -0.805. The molecule has 23 heavy (non-hydrogen) atoms. The molecule has 3 rings (SSSR count). The number of anilines is 1. The first-order valence-electron chi connectivity index (χ1n) is 7.17. The standard InChI is InChI=1S/C15H16ClN5O2/c1-20-8-10(7-18-20)14-15(17-6-2-3-13(22)23)21-9-11(16)4-5-12(21)19-14/h4-5,7-9,17H,2-3,6H2,1H3,(H,22,23). The lowest BCUT2D eigenvalue weighted by molar-refractivity contribution is -0.137. The van der Waals surface area contributed by atoms with Gasteiger partial charge in [0.1, 0.15) is 17.2 Å². The molecule has 3 aromatic rings. The Labute approximate surface area is 137 Å². The summed E-state index contributed by atoms with van der Waals surface area (Å²) in [5, 5.41) is 16.8. The summed E-state index contributed by atoms with van der Waals surface area (Å²) in [6.07, 6.45) is 6.04. The topological polar surface area (TPSA) is 84.5 Å². The molecule has 0 unspecified atom stereocenters. The van der Waals surface area contributed by atoms with Gasteiger partial charge in [0.15, 0.2) is 0 Å². The van der Waals surface area contributed by atoms with Gasteiger partial charge in [-0.1, -0.05) is 11.6 Å². The van der Waals surface area contributed by atoms with E-state index < -0.39 is 5.97 Å². The van der Waals surface area contributed by atoms with Crippen molar-refractivity contribution in [2.75, 3.05) is 11.9 Å². The third kappa shape index (κ3) is 3.29. The van der Waals surface area contributed by atoms with Crippen LogP contribution in [0, 0.1) is 0 Å². The van der Waals surface area contributed by atoms with Crippen molar-refractivity contribution in [3.8, 4) is 11.3 Å². The zero-order valence-corrected chi connectivity index (χ0v) is 13.3. The summed E-state index contributed by atoms with van der Waals surface area (Å²) in [6.45, 7) is 0.528. The Morgan fingerprint density at radius 3 is 2.91 bits per heavy atom. The lowest BCUT2D eigenvalue weighted by atomic mass is 10.2. The molecule has 0 aliphatic carbocycles. The molecule has 2 N–H and O–H groups in total. The van der Waals surface area contributed by atoms with Crippen molar-refractivity contribution in [3.05, 3.63) is 35.7 Å². The fraction of sp³-hybridized carbons (Fsp3) is 0.267. The van der Waals surface area contributed by atoms with Crippen LogP contribution in [-0.4, -0.2) is 36.8 Å². The van der Waals surface area contributed by atoms with Gasteiger partial charge < -0.3 is 10.4 Å². The first-order chi connectivity index (χ1) is 11.0. The van der Waals surface area contributed by atoms with Crippen molar-refractivity contribution in [2.45, 2.75) is 12.8 Å². The average molecular weight is 334 g/mol. The van der Waals surface area contributed by atoms with E-state index in [2.05, 4.69) is 15.4 Å². The molecule has 3 aromatic heterocycles. The van der Waals surface area contributed by atoms with E-state index in [1.54, 1.807) is 23.1 Å². The van der Waals surface area contributed by atoms with E-state index in [0.29, 0.717) is 18.0 Å². The second kappa shape index (κ2) is 6.29. The third-order valence-electron chi connectivity index (χ3n) is 3.42. The molecule has 7 nitrogen and oxygen atoms in total. The second-order valence-corrected chi connectivity index (χ2v) is 5.65. The minimum absolute atomic E-state index is 0.118. The number of carboxylic acids is 1. The number of rotatable bonds is 6. The van der Waals surface area contributed by atoms with Crippen LogP contribution in [0.25, 0.3) is 16.9 Å². The van der Waals surface area contributed by atoms with Crippen LogP contribution in [0.5, 0.6) is 0 Å². The maximum atomic E-state index is 10.6. The fourth-order valence-corrected chi connectivity index (χ4v) is 2.54. The highest BCUT2D eigenvalue weighted by atomic mass is 35.5. The number of carbonyl (C=O) groups is 1. The maximum Gasteiger partial charge on any atom is 0.303 e. The van der Waals surface area contributed by atoms with E-state index in [9.17, 15) is 4.79 Å². The highest BCUT2D eigenvalue weighted by Gasteiger charge is 2.15. The molecule has 120 valence electrons. The molecule has 3 heterocycles. The van der Waals surface area contributed by atoms with Crippen molar-refractivity contribution in [2.24, 2.45) is 7.05 Å². The summed E-state index contributed by atoms with van der Waals surface area (Å²) in [5.74, 6) is -0.0265. The van der Waals surface area contributed by atoms with Gasteiger partial charge in [-0.2, -0.15) is 5.10 Å². The van der Waals surface area contributed by atoms with Crippen molar-refractivity contribution in [3.63, 3.8) is 0 Å². The van der Waals surface area contributed by atoms with E-state index in [0.717, 1.165) is 22.7 Å². The van der Waals surface area contributed by atoms with Crippen LogP contribution < -0.4 is 5.32 Å². The van der Waals surface area contributed by atoms with Crippen molar-refractivity contribution < 1.29 is 9.90 Å². The summed E-state index contributed by atoms with van der Waals surface area (Å²) in [4.78, 5) is 15.3. The number of aliphatic carboxylic acids is 1. The largest absolute Gasteiger partial charge is 0.481 e. The Hall–Kier alpha value is -2.54. The van der Waals surface area contributed by atoms with Crippen LogP contribution in [-0.2, 0) is 11.8 Å². The number of halogens is 1. The van der Waals surface area contributed by atoms with Gasteiger partial charge >= 0.3 is 5.97 Å². The molecule has 0 saturated heterocycles. The van der Waals surface area contributed by atoms with Gasteiger partial charge in [0.25, 0.3) is 0 Å². The van der Waals surface area contributed by atoms with Gasteiger partial charge in [-0.3, -0.25) is 13.9 Å². The van der Waals surface area contributed by atoms with Crippen LogP contribution in [0.15, 0.2) is 30.7 Å². The predicted molar refractivity (Wildman–Crippen MR) is 87.8 cm³/mol. The lowest BCUT2D eigenvalue weighted by Gasteiger charge is -2.07. The average Bonchev–Trinajstić information content (AvgIpc) is 3.07. The molecule has 0 saturated carbocycles. The Balaban J connectivity index is 1.97. The fourth-order valence-electron chi connectivity index (χ4n) is 2.38. The van der Waals surface area contributed by atoms with Crippen molar-refractivity contribution in [1.29, 1.82) is 0 Å². The molecule has 8 heteroatoms. The highest BCUT2D eigenvalue weighted by molar-refractivity contribution is 6.30. The summed E-state index contributed by atoms with van der Waals surface area (Å²) < 4.78 is 3.58. The highest BCUT2D eigenvalue weighted by Crippen LogP contribution is 2.29. The molecule has 0 amide bonds. The van der Waals surface area contributed by atoms with Crippen LogP contribution in [0.3, 0.4) is 0 Å². The zero-order chi connectivity index (χ0) is 16.4. The maximum absolute atomic E-state index is 10.6. The number of nitrogens with one attached hydrogen (secondary N) is 1. The van der Waals surface area contributed by atoms with Gasteiger partial charge in [0.05, 0.1) is 11.2 Å². The second-order valence-electron chi connectivity index (χ2n) is 5.21. The van der Waals surface area contributed by atoms with E-state index >= 15 is 0 Å². The molecule has 0 bridgehead atoms. The molecule has 0 aromatic carbocycles. The molecular formula is C15H16ClN5O2. The van der Waals surface area contributed by atoms with Gasteiger partial charge in [0, 0.05) is 38.0 Å². The minimum Gasteiger partial charge on any atom is -0.481 e. The molecule has 0 aliphatic heterocycles. The molecule has 0 spiro atoms. The summed E-state index contributed by atoms with van der Waals surface area (Å²) in [5.41, 5.74) is 2.40. The number of carboxylic acid groups (broad SMARTS) is 1. The van der Waals surface area contributed by atoms with Crippen LogP contribution in [0.4, 0.5) is 5.82 Å². The Morgan fingerprint density at radius 1 is 1.39 bits per heavy atom. The van der Waals surface area contributed by atoms with Gasteiger partial charge in [-0.15, -0.1) is 0 Å². The Kier molecular flexibility index (Phi) is 4.20. The van der Waals surface area contributed by atoms with Crippen LogP contribution in [0.1, 0.15) is 12.8 Å². The van der Waals surface area contributed by atoms with Crippen LogP contribution >= 0.6 is 11.6 Å². The Bertz CT molecular complexity index is 855. The number of imidazole rings is 1. The summed E-state index contributed by atoms with van der Waals surface area (Å²) >= 11 is 6.08. The van der Waals surface area contributed by atoms with Gasteiger partial charge in [-0.05, 0) is 18.6 Å². The monoisotopic (exact) mass is 333 g/mol. The Morgan fingerprint density at radius 2 is 2.22 bits per heavy atom. The molecular weight excluding hydrogens is 318 g/mol. The smallest absolute Gasteiger partial charge is 0.303 e. The quantitative estimate of drug-likeness (QED) is 0.677. The normalized spacial score (nSPS) is 11.0. The summed E-state index contributed by atoms with van der Waals surface area (Å²) in [6, 6.07) is 3.62. The number of nitrogens with zero attached hydrogens (tertiary/aromatic N) is 4. The molecule has 0 fully saturated rings. The number of hydrogen-bond donors (Lipinski definition) is 2. The van der Waals surface area contributed by atoms with Crippen molar-refractivity contribution in [1.82, 2.24) is 19.2 Å². The molecule has 0 aliphatic rings. The van der Waals surface area contributed by atoms with E-state index in [1.165, 1.54) is 0 Å². The summed E-state index contributed by atoms with van der Waals surface area (Å²) in [7, 11) is 1.84. The predicted octanol–water partition coefficient (Wildman–Crippen LogP) is 2.66. The molecule has 0 radical (unpaired) electrons. The number of aryl methyl sites for hydroxylation is 1. The number of fused-ring (bicyclic) bond motifs is 1. The first-order valence-corrected chi connectivity index (χ1v) is 7.54. The van der Waals surface area contributed by atoms with Gasteiger partial charge in [-0.25, -0.2) is 4.98 Å². The first kappa shape index (κ1) is 15.4. The van der Waals surface area contributed by atoms with Gasteiger partial charge in [0.2, 0.25) is 0 Å². The van der Waals surface area contributed by atoms with Crippen molar-refractivity contribution >= 4 is 29.0 Å². The lowest BCUT2D eigenvalue weighted by Crippen LogP contribution is -2.07. The van der Waals surface area contributed by atoms with E-state index in [-0.39, 0.29) is 6.42 Å². The number of hydrogen-bond acceptors (Lipinski definition) is 4. The van der Waals surface area contributed by atoms with E-state index in [1.807, 2.05) is 23.7 Å². The zero-order valence-electron chi connectivity index (χ0n) is 12.5. The number of aromatic nitrogens is 4. The molecule has 0 atom stereocenters. The number of pyridine rings is 1. The van der Waals surface area contributed by atoms with Crippen LogP contribution in [0.2, 0.25) is 5.02 Å².